The summed E-state index contributed by atoms with van der Waals surface area (Å²) >= 11 is 0. The number of hydrogen-bond acceptors (Lipinski definition) is 0. The molecule has 0 saturated heterocycles. The van der Waals surface area contributed by atoms with Crippen LogP contribution in [0.4, 0.5) is 8.78 Å². The Morgan fingerprint density at radius 1 is 0.929 bits per heavy atom. The molecule has 0 aliphatic heterocycles. The van der Waals surface area contributed by atoms with Crippen molar-refractivity contribution in [1.82, 2.24) is 0 Å². The molecule has 0 fully saturated rings. The zero-order chi connectivity index (χ0) is 10.8. The van der Waals surface area contributed by atoms with Gasteiger partial charge in [0.15, 0.2) is 0 Å². The number of alkyl halides is 2. The van der Waals surface area contributed by atoms with Crippen molar-refractivity contribution in [3.8, 4) is 0 Å². The Morgan fingerprint density at radius 2 is 1.64 bits per heavy atom. The SMILES string of the molecule is CC(C)CC[SiH2]CCCCCC(F)F. The summed E-state index contributed by atoms with van der Waals surface area (Å²) in [6.07, 6.45) is 2.30. The van der Waals surface area contributed by atoms with Crippen LogP contribution in [0.25, 0.3) is 0 Å². The minimum atomic E-state index is -2.09. The van der Waals surface area contributed by atoms with Crippen LogP contribution in [0.2, 0.25) is 12.1 Å². The fraction of sp³-hybridized carbons (Fsp3) is 1.00. The lowest BCUT2D eigenvalue weighted by molar-refractivity contribution is 0.134. The Bertz CT molecular complexity index is 102. The zero-order valence-electron chi connectivity index (χ0n) is 9.57. The molecule has 0 bridgehead atoms. The third-order valence-electron chi connectivity index (χ3n) is 2.45. The highest BCUT2D eigenvalue weighted by Crippen LogP contribution is 2.10. The standard InChI is InChI=1S/C11H24F2Si/c1-10(2)7-9-14-8-5-3-4-6-11(12)13/h10-11H,3-9,14H2,1-2H3. The van der Waals surface area contributed by atoms with E-state index in [2.05, 4.69) is 13.8 Å². The molecule has 0 nitrogen and oxygen atoms in total. The second-order valence-corrected chi connectivity index (χ2v) is 6.60. The van der Waals surface area contributed by atoms with E-state index in [4.69, 9.17) is 0 Å². The Kier molecular flexibility index (Phi) is 9.68. The molecule has 0 radical (unpaired) electrons. The van der Waals surface area contributed by atoms with Crippen molar-refractivity contribution in [1.29, 1.82) is 0 Å². The Labute approximate surface area is 89.3 Å². The Hall–Kier alpha value is 0.0769. The van der Waals surface area contributed by atoms with Gasteiger partial charge in [0.1, 0.15) is 0 Å². The molecule has 3 heteroatoms. The first-order valence-electron chi connectivity index (χ1n) is 5.91. The van der Waals surface area contributed by atoms with Crippen LogP contribution < -0.4 is 0 Å². The summed E-state index contributed by atoms with van der Waals surface area (Å²) in [4.78, 5) is 0. The van der Waals surface area contributed by atoms with E-state index in [0.717, 1.165) is 18.8 Å². The minimum Gasteiger partial charge on any atom is -0.211 e. The van der Waals surface area contributed by atoms with Gasteiger partial charge in [0.05, 0.1) is 0 Å². The van der Waals surface area contributed by atoms with E-state index < -0.39 is 6.43 Å². The Morgan fingerprint density at radius 3 is 2.21 bits per heavy atom. The fourth-order valence-electron chi connectivity index (χ4n) is 1.56. The molecule has 0 N–H and O–H groups in total. The fourth-order valence-corrected chi connectivity index (χ4v) is 3.72. The molecule has 0 aromatic rings. The van der Waals surface area contributed by atoms with Crippen LogP contribution >= 0.6 is 0 Å². The van der Waals surface area contributed by atoms with E-state index in [1.54, 1.807) is 0 Å². The number of rotatable bonds is 9. The molecule has 0 aromatic heterocycles. The maximum absolute atomic E-state index is 11.8. The van der Waals surface area contributed by atoms with Crippen molar-refractivity contribution in [2.75, 3.05) is 0 Å². The second-order valence-electron chi connectivity index (χ2n) is 4.48. The first-order chi connectivity index (χ1) is 6.63. The molecular weight excluding hydrogens is 198 g/mol. The summed E-state index contributed by atoms with van der Waals surface area (Å²) < 4.78 is 23.5. The molecule has 0 amide bonds. The summed E-state index contributed by atoms with van der Waals surface area (Å²) in [7, 11) is 0.134. The summed E-state index contributed by atoms with van der Waals surface area (Å²) in [6, 6.07) is 2.79. The molecule has 0 spiro atoms. The van der Waals surface area contributed by atoms with Crippen LogP contribution in [0.1, 0.15) is 46.0 Å². The van der Waals surface area contributed by atoms with Crippen molar-refractivity contribution in [3.05, 3.63) is 0 Å². The van der Waals surface area contributed by atoms with Gasteiger partial charge in [-0.25, -0.2) is 8.78 Å². The lowest BCUT2D eigenvalue weighted by Gasteiger charge is -2.03. The molecule has 0 unspecified atom stereocenters. The van der Waals surface area contributed by atoms with E-state index in [9.17, 15) is 8.78 Å². The van der Waals surface area contributed by atoms with E-state index in [1.165, 1.54) is 24.9 Å². The molecule has 86 valence electrons. The predicted octanol–water partition coefficient (Wildman–Crippen LogP) is 3.86. The molecule has 0 aliphatic carbocycles. The lowest BCUT2D eigenvalue weighted by atomic mass is 10.2. The van der Waals surface area contributed by atoms with Crippen LogP contribution in [-0.4, -0.2) is 15.9 Å². The average Bonchev–Trinajstić information content (AvgIpc) is 2.08. The molecule has 0 heterocycles. The molecule has 14 heavy (non-hydrogen) atoms. The van der Waals surface area contributed by atoms with Crippen molar-refractivity contribution in [2.45, 2.75) is 64.5 Å². The number of hydrogen-bond donors (Lipinski definition) is 0. The van der Waals surface area contributed by atoms with Gasteiger partial charge in [0, 0.05) is 15.9 Å². The average molecular weight is 222 g/mol. The van der Waals surface area contributed by atoms with E-state index in [1.807, 2.05) is 0 Å². The minimum absolute atomic E-state index is 0.105. The molecule has 0 rings (SSSR count). The highest BCUT2D eigenvalue weighted by atomic mass is 28.2. The molecule has 0 atom stereocenters. The quantitative estimate of drug-likeness (QED) is 0.410. The monoisotopic (exact) mass is 222 g/mol. The van der Waals surface area contributed by atoms with Crippen molar-refractivity contribution >= 4 is 9.52 Å². The van der Waals surface area contributed by atoms with Gasteiger partial charge in [0.25, 0.3) is 0 Å². The van der Waals surface area contributed by atoms with Crippen LogP contribution in [0.5, 0.6) is 0 Å². The van der Waals surface area contributed by atoms with Gasteiger partial charge in [-0.2, -0.15) is 0 Å². The molecule has 0 aliphatic rings. The third-order valence-corrected chi connectivity index (χ3v) is 4.36. The summed E-state index contributed by atoms with van der Waals surface area (Å²) in [5.74, 6) is 0.835. The van der Waals surface area contributed by atoms with Gasteiger partial charge in [-0.3, -0.25) is 0 Å². The largest absolute Gasteiger partial charge is 0.238 e. The van der Waals surface area contributed by atoms with Gasteiger partial charge in [-0.15, -0.1) is 0 Å². The highest BCUT2D eigenvalue weighted by Gasteiger charge is 2.01. The molecular formula is C11H24F2Si. The van der Waals surface area contributed by atoms with E-state index in [0.29, 0.717) is 0 Å². The van der Waals surface area contributed by atoms with Crippen molar-refractivity contribution < 1.29 is 8.78 Å². The van der Waals surface area contributed by atoms with E-state index >= 15 is 0 Å². The van der Waals surface area contributed by atoms with Crippen LogP contribution in [0, 0.1) is 5.92 Å². The maximum atomic E-state index is 11.8. The van der Waals surface area contributed by atoms with Crippen molar-refractivity contribution in [3.63, 3.8) is 0 Å². The van der Waals surface area contributed by atoms with Gasteiger partial charge >= 0.3 is 0 Å². The van der Waals surface area contributed by atoms with Gasteiger partial charge in [0.2, 0.25) is 6.43 Å². The zero-order valence-corrected chi connectivity index (χ0v) is 11.0. The van der Waals surface area contributed by atoms with E-state index in [-0.39, 0.29) is 15.9 Å². The smallest absolute Gasteiger partial charge is 0.211 e. The number of halogens is 2. The number of unbranched alkanes of at least 4 members (excludes halogenated alkanes) is 2. The molecule has 0 saturated carbocycles. The van der Waals surface area contributed by atoms with Crippen LogP contribution in [0.15, 0.2) is 0 Å². The summed E-state index contributed by atoms with van der Waals surface area (Å²) in [5.41, 5.74) is 0. The summed E-state index contributed by atoms with van der Waals surface area (Å²) in [5, 5.41) is 0. The second kappa shape index (κ2) is 9.63. The van der Waals surface area contributed by atoms with Crippen LogP contribution in [-0.2, 0) is 0 Å². The lowest BCUT2D eigenvalue weighted by Crippen LogP contribution is -1.94. The topological polar surface area (TPSA) is 0 Å². The predicted molar refractivity (Wildman–Crippen MR) is 62.1 cm³/mol. The first-order valence-corrected chi connectivity index (χ1v) is 7.91. The normalized spacial score (nSPS) is 12.4. The molecule has 0 aromatic carbocycles. The van der Waals surface area contributed by atoms with Crippen LogP contribution in [0.3, 0.4) is 0 Å². The maximum Gasteiger partial charge on any atom is 0.238 e. The van der Waals surface area contributed by atoms with Gasteiger partial charge in [-0.1, -0.05) is 45.2 Å². The van der Waals surface area contributed by atoms with Crippen molar-refractivity contribution in [2.24, 2.45) is 5.92 Å². The first kappa shape index (κ1) is 14.1. The third kappa shape index (κ3) is 12.1. The van der Waals surface area contributed by atoms with Gasteiger partial charge < -0.3 is 0 Å². The Balaban J connectivity index is 2.92. The highest BCUT2D eigenvalue weighted by molar-refractivity contribution is 6.35. The summed E-state index contributed by atoms with van der Waals surface area (Å²) in [6.45, 7) is 4.52. The van der Waals surface area contributed by atoms with Gasteiger partial charge in [-0.05, 0) is 12.3 Å².